The van der Waals surface area contributed by atoms with Crippen molar-refractivity contribution < 1.29 is 13.5 Å². The first-order valence-electron chi connectivity index (χ1n) is 8.21. The van der Waals surface area contributed by atoms with Crippen molar-refractivity contribution in [1.29, 1.82) is 0 Å². The van der Waals surface area contributed by atoms with Crippen LogP contribution in [0.15, 0.2) is 6.20 Å². The number of nitrogens with zero attached hydrogens (tertiary/aromatic N) is 4. The van der Waals surface area contributed by atoms with Gasteiger partial charge in [-0.1, -0.05) is 5.21 Å². The molecule has 122 valence electrons. The minimum atomic E-state index is -2.43. The van der Waals surface area contributed by atoms with Gasteiger partial charge in [0.15, 0.2) is 0 Å². The Hall–Kier alpha value is -1.08. The fraction of sp³-hybridized carbons (Fsp3) is 0.867. The van der Waals surface area contributed by atoms with Crippen LogP contribution in [0.1, 0.15) is 43.8 Å². The maximum Gasteiger partial charge on any atom is 0.248 e. The molecule has 1 saturated heterocycles. The number of ether oxygens (including phenoxy) is 1. The first-order chi connectivity index (χ1) is 10.6. The molecule has 7 heteroatoms. The van der Waals surface area contributed by atoms with Gasteiger partial charge in [0.25, 0.3) is 0 Å². The van der Waals surface area contributed by atoms with Gasteiger partial charge in [0.05, 0.1) is 30.6 Å². The fourth-order valence-corrected chi connectivity index (χ4v) is 4.06. The number of hydrogen-bond acceptors (Lipinski definition) is 4. The molecule has 2 fully saturated rings. The summed E-state index contributed by atoms with van der Waals surface area (Å²) in [6.07, 6.45) is 4.33. The van der Waals surface area contributed by atoms with Gasteiger partial charge in [0, 0.05) is 32.5 Å². The van der Waals surface area contributed by atoms with E-state index in [2.05, 4.69) is 15.2 Å². The third-order valence-electron chi connectivity index (χ3n) is 5.37. The van der Waals surface area contributed by atoms with Gasteiger partial charge in [0.1, 0.15) is 0 Å². The van der Waals surface area contributed by atoms with E-state index in [9.17, 15) is 8.78 Å². The molecule has 0 aromatic carbocycles. The highest BCUT2D eigenvalue weighted by atomic mass is 19.3. The Morgan fingerprint density at radius 1 is 1.27 bits per heavy atom. The zero-order valence-corrected chi connectivity index (χ0v) is 12.6. The Kier molecular flexibility index (Phi) is 3.64. The van der Waals surface area contributed by atoms with Crippen LogP contribution < -0.4 is 0 Å². The lowest BCUT2D eigenvalue weighted by Crippen LogP contribution is -2.49. The standard InChI is InChI=1S/C15H22F2N4O/c16-15(17)4-1-11(2-5-15)8-20-6-3-14-13(9-20)21-12(10-22-14)7-18-19-21/h7,11,13-14H,1-6,8-10H2/t13-,14-/m0/s1. The molecule has 0 unspecified atom stereocenters. The molecule has 1 aromatic heterocycles. The second-order valence-corrected chi connectivity index (χ2v) is 6.93. The van der Waals surface area contributed by atoms with Gasteiger partial charge >= 0.3 is 0 Å². The SMILES string of the molecule is FC1(F)CCC(CN2CC[C@@H]3OCc4cnnn4[C@H]3C2)CC1. The highest BCUT2D eigenvalue weighted by Crippen LogP contribution is 2.37. The molecule has 2 atom stereocenters. The smallest absolute Gasteiger partial charge is 0.248 e. The van der Waals surface area contributed by atoms with Crippen LogP contribution in [0.2, 0.25) is 0 Å². The van der Waals surface area contributed by atoms with Crippen molar-refractivity contribution in [1.82, 2.24) is 19.9 Å². The summed E-state index contributed by atoms with van der Waals surface area (Å²) >= 11 is 0. The topological polar surface area (TPSA) is 43.2 Å². The van der Waals surface area contributed by atoms with Crippen LogP contribution in [0, 0.1) is 5.92 Å². The molecule has 0 spiro atoms. The molecule has 3 aliphatic rings. The highest BCUT2D eigenvalue weighted by Gasteiger charge is 2.39. The van der Waals surface area contributed by atoms with Crippen LogP contribution in [0.4, 0.5) is 8.78 Å². The average Bonchev–Trinajstić information content (AvgIpc) is 2.98. The Morgan fingerprint density at radius 3 is 2.91 bits per heavy atom. The lowest BCUT2D eigenvalue weighted by atomic mass is 9.86. The number of fused-ring (bicyclic) bond motifs is 3. The molecule has 1 aromatic rings. The summed E-state index contributed by atoms with van der Waals surface area (Å²) in [5.74, 6) is -2.04. The molecule has 1 saturated carbocycles. The Balaban J connectivity index is 1.38. The lowest BCUT2D eigenvalue weighted by molar-refractivity contribution is -0.0746. The summed E-state index contributed by atoms with van der Waals surface area (Å²) in [6, 6.07) is 0.213. The number of aromatic nitrogens is 3. The van der Waals surface area contributed by atoms with Gasteiger partial charge in [-0.05, 0) is 25.2 Å². The number of hydrogen-bond donors (Lipinski definition) is 0. The van der Waals surface area contributed by atoms with Gasteiger partial charge in [-0.15, -0.1) is 5.10 Å². The molecule has 3 heterocycles. The molecular formula is C15H22F2N4O. The first-order valence-corrected chi connectivity index (χ1v) is 8.21. The summed E-state index contributed by atoms with van der Waals surface area (Å²) in [5.41, 5.74) is 1.03. The van der Waals surface area contributed by atoms with Crippen molar-refractivity contribution in [3.05, 3.63) is 11.9 Å². The number of likely N-dealkylation sites (tertiary alicyclic amines) is 1. The molecule has 0 amide bonds. The average molecular weight is 312 g/mol. The molecule has 1 aliphatic carbocycles. The van der Waals surface area contributed by atoms with Gasteiger partial charge in [-0.25, -0.2) is 13.5 Å². The minimum Gasteiger partial charge on any atom is -0.370 e. The first kappa shape index (κ1) is 14.5. The van der Waals surface area contributed by atoms with Crippen molar-refractivity contribution in [2.24, 2.45) is 5.92 Å². The van der Waals surface area contributed by atoms with Crippen LogP contribution in [0.5, 0.6) is 0 Å². The van der Waals surface area contributed by atoms with E-state index in [0.29, 0.717) is 25.4 Å². The summed E-state index contributed by atoms with van der Waals surface area (Å²) in [5, 5.41) is 8.18. The van der Waals surface area contributed by atoms with Crippen LogP contribution >= 0.6 is 0 Å². The van der Waals surface area contributed by atoms with E-state index in [1.54, 1.807) is 6.20 Å². The zero-order valence-electron chi connectivity index (χ0n) is 12.6. The van der Waals surface area contributed by atoms with Crippen molar-refractivity contribution in [3.8, 4) is 0 Å². The molecule has 0 N–H and O–H groups in total. The van der Waals surface area contributed by atoms with E-state index in [0.717, 1.165) is 31.7 Å². The minimum absolute atomic E-state index is 0.0495. The van der Waals surface area contributed by atoms with Crippen molar-refractivity contribution >= 4 is 0 Å². The molecule has 5 nitrogen and oxygen atoms in total. The van der Waals surface area contributed by atoms with Crippen LogP contribution in [-0.2, 0) is 11.3 Å². The molecule has 22 heavy (non-hydrogen) atoms. The number of piperidine rings is 1. The Labute approximate surface area is 128 Å². The van der Waals surface area contributed by atoms with E-state index in [-0.39, 0.29) is 25.0 Å². The van der Waals surface area contributed by atoms with E-state index in [1.807, 2.05) is 4.68 Å². The van der Waals surface area contributed by atoms with E-state index >= 15 is 0 Å². The van der Waals surface area contributed by atoms with Crippen molar-refractivity contribution in [3.63, 3.8) is 0 Å². The Bertz CT molecular complexity index is 525. The second-order valence-electron chi connectivity index (χ2n) is 6.93. The van der Waals surface area contributed by atoms with Crippen LogP contribution in [0.3, 0.4) is 0 Å². The zero-order chi connectivity index (χ0) is 15.2. The molecule has 0 radical (unpaired) electrons. The lowest BCUT2D eigenvalue weighted by Gasteiger charge is -2.42. The third kappa shape index (κ3) is 2.76. The van der Waals surface area contributed by atoms with Crippen LogP contribution in [0.25, 0.3) is 0 Å². The molecular weight excluding hydrogens is 290 g/mol. The van der Waals surface area contributed by atoms with E-state index in [1.165, 1.54) is 0 Å². The molecule has 0 bridgehead atoms. The van der Waals surface area contributed by atoms with Gasteiger partial charge in [-0.3, -0.25) is 0 Å². The Morgan fingerprint density at radius 2 is 2.09 bits per heavy atom. The quantitative estimate of drug-likeness (QED) is 0.840. The van der Waals surface area contributed by atoms with Crippen molar-refractivity contribution in [2.45, 2.75) is 56.8 Å². The number of rotatable bonds is 2. The normalized spacial score (nSPS) is 32.5. The van der Waals surface area contributed by atoms with Gasteiger partial charge < -0.3 is 9.64 Å². The largest absolute Gasteiger partial charge is 0.370 e. The second kappa shape index (κ2) is 5.53. The highest BCUT2D eigenvalue weighted by molar-refractivity contribution is 5.01. The van der Waals surface area contributed by atoms with E-state index < -0.39 is 5.92 Å². The molecule has 2 aliphatic heterocycles. The summed E-state index contributed by atoms with van der Waals surface area (Å²) in [7, 11) is 0. The fourth-order valence-electron chi connectivity index (χ4n) is 4.06. The van der Waals surface area contributed by atoms with Crippen LogP contribution in [-0.4, -0.2) is 51.6 Å². The summed E-state index contributed by atoms with van der Waals surface area (Å²) in [4.78, 5) is 2.40. The van der Waals surface area contributed by atoms with Gasteiger partial charge in [0.2, 0.25) is 5.92 Å². The predicted octanol–water partition coefficient (Wildman–Crippen LogP) is 2.25. The number of alkyl halides is 2. The van der Waals surface area contributed by atoms with Gasteiger partial charge in [-0.2, -0.15) is 0 Å². The monoisotopic (exact) mass is 312 g/mol. The maximum absolute atomic E-state index is 13.3. The summed E-state index contributed by atoms with van der Waals surface area (Å²) < 4.78 is 34.4. The predicted molar refractivity (Wildman–Crippen MR) is 75.6 cm³/mol. The number of halogens is 2. The van der Waals surface area contributed by atoms with E-state index in [4.69, 9.17) is 4.74 Å². The van der Waals surface area contributed by atoms with Crippen molar-refractivity contribution in [2.75, 3.05) is 19.6 Å². The molecule has 4 rings (SSSR count). The third-order valence-corrected chi connectivity index (χ3v) is 5.37. The summed E-state index contributed by atoms with van der Waals surface area (Å²) in [6.45, 7) is 3.38. The maximum atomic E-state index is 13.3.